The molecule has 2 N–H and O–H groups in total. The number of aliphatic imine (C=N–C) groups is 1. The first kappa shape index (κ1) is 16.0. The molecule has 1 aliphatic rings. The van der Waals surface area contributed by atoms with E-state index in [1.165, 1.54) is 25.9 Å². The quantitative estimate of drug-likeness (QED) is 0.438. The summed E-state index contributed by atoms with van der Waals surface area (Å²) in [5, 5.41) is 6.50. The number of hydrogen-bond acceptors (Lipinski definition) is 2. The van der Waals surface area contributed by atoms with Crippen molar-refractivity contribution in [1.29, 1.82) is 0 Å². The number of rotatable bonds is 6. The number of nitrogens with one attached hydrogen (secondary N) is 2. The summed E-state index contributed by atoms with van der Waals surface area (Å²) in [4.78, 5) is 7.22. The summed E-state index contributed by atoms with van der Waals surface area (Å²) in [5.74, 6) is 1.71. The number of nitrogens with zero attached hydrogens (tertiary/aromatic N) is 2. The van der Waals surface area contributed by atoms with Crippen molar-refractivity contribution in [3.05, 3.63) is 12.7 Å². The van der Waals surface area contributed by atoms with Gasteiger partial charge < -0.3 is 10.6 Å². The maximum Gasteiger partial charge on any atom is 0.191 e. The molecule has 0 amide bonds. The largest absolute Gasteiger partial charge is 0.357 e. The number of piperidine rings is 1. The van der Waals surface area contributed by atoms with Crippen LogP contribution in [0, 0.1) is 5.92 Å². The van der Waals surface area contributed by atoms with Crippen molar-refractivity contribution in [2.45, 2.75) is 39.7 Å². The van der Waals surface area contributed by atoms with E-state index in [0.717, 1.165) is 31.5 Å². The fourth-order valence-corrected chi connectivity index (χ4v) is 2.48. The molecule has 0 bridgehead atoms. The summed E-state index contributed by atoms with van der Waals surface area (Å²) in [6.07, 6.45) is 4.54. The van der Waals surface area contributed by atoms with Crippen molar-refractivity contribution in [2.75, 3.05) is 32.7 Å². The minimum atomic E-state index is 0.516. The van der Waals surface area contributed by atoms with Crippen LogP contribution in [0.3, 0.4) is 0 Å². The molecule has 1 rings (SSSR count). The molecule has 0 saturated carbocycles. The molecule has 110 valence electrons. The van der Waals surface area contributed by atoms with E-state index in [-0.39, 0.29) is 0 Å². The van der Waals surface area contributed by atoms with Crippen molar-refractivity contribution >= 4 is 5.96 Å². The van der Waals surface area contributed by atoms with Crippen LogP contribution in [-0.4, -0.2) is 49.6 Å². The molecule has 0 aromatic carbocycles. The number of likely N-dealkylation sites (tertiary alicyclic amines) is 1. The van der Waals surface area contributed by atoms with Crippen LogP contribution < -0.4 is 10.6 Å². The van der Waals surface area contributed by atoms with Crippen molar-refractivity contribution in [3.8, 4) is 0 Å². The van der Waals surface area contributed by atoms with Crippen molar-refractivity contribution in [3.63, 3.8) is 0 Å². The first-order valence-corrected chi connectivity index (χ1v) is 7.54. The summed E-state index contributed by atoms with van der Waals surface area (Å²) < 4.78 is 0. The highest BCUT2D eigenvalue weighted by Gasteiger charge is 2.20. The third kappa shape index (κ3) is 6.10. The molecule has 1 saturated heterocycles. The molecular weight excluding hydrogens is 236 g/mol. The second kappa shape index (κ2) is 8.97. The van der Waals surface area contributed by atoms with Crippen molar-refractivity contribution in [2.24, 2.45) is 10.9 Å². The van der Waals surface area contributed by atoms with Gasteiger partial charge in [-0.1, -0.05) is 13.0 Å². The highest BCUT2D eigenvalue weighted by atomic mass is 15.2. The van der Waals surface area contributed by atoms with Crippen LogP contribution >= 0.6 is 0 Å². The monoisotopic (exact) mass is 266 g/mol. The molecule has 0 spiro atoms. The zero-order valence-electron chi connectivity index (χ0n) is 12.8. The maximum absolute atomic E-state index is 4.66. The summed E-state index contributed by atoms with van der Waals surface area (Å²) in [7, 11) is 0. The van der Waals surface area contributed by atoms with Crippen molar-refractivity contribution < 1.29 is 0 Å². The molecule has 0 aromatic rings. The summed E-state index contributed by atoms with van der Waals surface area (Å²) in [5.41, 5.74) is 0. The van der Waals surface area contributed by atoms with Crippen LogP contribution in [0.25, 0.3) is 0 Å². The fraction of sp³-hybridized carbons (Fsp3) is 0.800. The molecule has 2 unspecified atom stereocenters. The van der Waals surface area contributed by atoms with Gasteiger partial charge in [-0.3, -0.25) is 9.89 Å². The van der Waals surface area contributed by atoms with E-state index in [4.69, 9.17) is 0 Å². The van der Waals surface area contributed by atoms with Crippen LogP contribution in [0.15, 0.2) is 17.6 Å². The number of hydrogen-bond donors (Lipinski definition) is 2. The van der Waals surface area contributed by atoms with E-state index in [9.17, 15) is 0 Å². The molecule has 2 atom stereocenters. The lowest BCUT2D eigenvalue weighted by Gasteiger charge is -2.35. The Labute approximate surface area is 118 Å². The predicted octanol–water partition coefficient (Wildman–Crippen LogP) is 1.85. The van der Waals surface area contributed by atoms with Crippen molar-refractivity contribution in [1.82, 2.24) is 15.5 Å². The Morgan fingerprint density at radius 1 is 1.53 bits per heavy atom. The smallest absolute Gasteiger partial charge is 0.191 e. The van der Waals surface area contributed by atoms with E-state index in [0.29, 0.717) is 6.04 Å². The summed E-state index contributed by atoms with van der Waals surface area (Å²) >= 11 is 0. The molecule has 1 fully saturated rings. The second-order valence-corrected chi connectivity index (χ2v) is 5.48. The highest BCUT2D eigenvalue weighted by molar-refractivity contribution is 5.79. The Hall–Kier alpha value is -1.03. The maximum atomic E-state index is 4.66. The van der Waals surface area contributed by atoms with Gasteiger partial charge in [0.2, 0.25) is 0 Å². The zero-order valence-corrected chi connectivity index (χ0v) is 12.8. The molecule has 0 aliphatic carbocycles. The average Bonchev–Trinajstić information content (AvgIpc) is 2.41. The van der Waals surface area contributed by atoms with Gasteiger partial charge in [0, 0.05) is 25.7 Å². The summed E-state index contributed by atoms with van der Waals surface area (Å²) in [6, 6.07) is 0.516. The lowest BCUT2D eigenvalue weighted by molar-refractivity contribution is 0.142. The molecule has 1 aliphatic heterocycles. The predicted molar refractivity (Wildman–Crippen MR) is 83.6 cm³/mol. The molecule has 19 heavy (non-hydrogen) atoms. The van der Waals surface area contributed by atoms with Crippen LogP contribution in [0.1, 0.15) is 33.6 Å². The van der Waals surface area contributed by atoms with Gasteiger partial charge in [-0.05, 0) is 39.2 Å². The Balaban J connectivity index is 2.43. The highest BCUT2D eigenvalue weighted by Crippen LogP contribution is 2.17. The SMILES string of the molecule is C=CCNC(=NCC(C)N1CCCC(C)C1)NCC. The Bertz CT molecular complexity index is 288. The van der Waals surface area contributed by atoms with Crippen LogP contribution in [0.4, 0.5) is 0 Å². The molecule has 4 heteroatoms. The summed E-state index contributed by atoms with van der Waals surface area (Å²) in [6.45, 7) is 15.3. The standard InChI is InChI=1S/C15H30N4/c1-5-9-17-15(16-6-2)18-11-14(4)19-10-7-8-13(3)12-19/h5,13-14H,1,6-12H2,2-4H3,(H2,16,17,18). The zero-order chi connectivity index (χ0) is 14.1. The van der Waals surface area contributed by atoms with Gasteiger partial charge in [0.15, 0.2) is 5.96 Å². The van der Waals surface area contributed by atoms with E-state index in [1.807, 2.05) is 6.08 Å². The number of guanidine groups is 1. The third-order valence-corrected chi connectivity index (χ3v) is 3.58. The van der Waals surface area contributed by atoms with Crippen LogP contribution in [-0.2, 0) is 0 Å². The van der Waals surface area contributed by atoms with E-state index >= 15 is 0 Å². The lowest BCUT2D eigenvalue weighted by Crippen LogP contribution is -2.43. The van der Waals surface area contributed by atoms with Gasteiger partial charge in [0.05, 0.1) is 6.54 Å². The molecule has 1 heterocycles. The lowest BCUT2D eigenvalue weighted by atomic mass is 9.99. The average molecular weight is 266 g/mol. The minimum Gasteiger partial charge on any atom is -0.357 e. The normalized spacial score (nSPS) is 22.9. The Morgan fingerprint density at radius 2 is 2.32 bits per heavy atom. The minimum absolute atomic E-state index is 0.516. The Morgan fingerprint density at radius 3 is 2.95 bits per heavy atom. The Kier molecular flexibility index (Phi) is 7.56. The molecule has 0 aromatic heterocycles. The van der Waals surface area contributed by atoms with Crippen LogP contribution in [0.2, 0.25) is 0 Å². The molecule has 4 nitrogen and oxygen atoms in total. The van der Waals surface area contributed by atoms with Gasteiger partial charge in [0.1, 0.15) is 0 Å². The second-order valence-electron chi connectivity index (χ2n) is 5.48. The van der Waals surface area contributed by atoms with E-state index < -0.39 is 0 Å². The molecular formula is C15H30N4. The fourth-order valence-electron chi connectivity index (χ4n) is 2.48. The van der Waals surface area contributed by atoms with Gasteiger partial charge >= 0.3 is 0 Å². The van der Waals surface area contributed by atoms with Crippen LogP contribution in [0.5, 0.6) is 0 Å². The van der Waals surface area contributed by atoms with E-state index in [1.54, 1.807) is 0 Å². The third-order valence-electron chi connectivity index (χ3n) is 3.58. The topological polar surface area (TPSA) is 39.7 Å². The first-order valence-electron chi connectivity index (χ1n) is 7.54. The van der Waals surface area contributed by atoms with Gasteiger partial charge in [0.25, 0.3) is 0 Å². The van der Waals surface area contributed by atoms with Gasteiger partial charge in [-0.25, -0.2) is 0 Å². The van der Waals surface area contributed by atoms with E-state index in [2.05, 4.69) is 47.9 Å². The van der Waals surface area contributed by atoms with Gasteiger partial charge in [-0.15, -0.1) is 6.58 Å². The molecule has 0 radical (unpaired) electrons. The van der Waals surface area contributed by atoms with Gasteiger partial charge in [-0.2, -0.15) is 0 Å². The first-order chi connectivity index (χ1) is 9.17.